The number of carbonyl (C=O) groups excluding carboxylic acids is 2. The molecule has 256 valence electrons. The van der Waals surface area contributed by atoms with E-state index in [1.165, 1.54) is 128 Å². The first kappa shape index (κ1) is 42.6. The number of thioether (sulfide) groups is 2. The van der Waals surface area contributed by atoms with Crippen molar-refractivity contribution in [2.75, 3.05) is 23.0 Å². The molecule has 2 atom stereocenters. The maximum absolute atomic E-state index is 12.9. The number of rotatable bonds is 30. The quantitative estimate of drug-likeness (QED) is 0.0440. The highest BCUT2D eigenvalue weighted by atomic mass is 32.2. The van der Waals surface area contributed by atoms with Gasteiger partial charge in [-0.2, -0.15) is 23.5 Å². The Morgan fingerprint density at radius 2 is 0.791 bits per heavy atom. The molecular weight excluding hydrogens is 573 g/mol. The third-order valence-corrected chi connectivity index (χ3v) is 10.6. The summed E-state index contributed by atoms with van der Waals surface area (Å²) < 4.78 is 11.5. The van der Waals surface area contributed by atoms with Crippen molar-refractivity contribution >= 4 is 35.5 Å². The first-order valence-corrected chi connectivity index (χ1v) is 20.5. The van der Waals surface area contributed by atoms with Crippen LogP contribution in [0.5, 0.6) is 0 Å². The summed E-state index contributed by atoms with van der Waals surface area (Å²) in [4.78, 5) is 25.7. The Labute approximate surface area is 277 Å². The first-order chi connectivity index (χ1) is 20.6. The van der Waals surface area contributed by atoms with E-state index in [1.807, 2.05) is 58.1 Å². The van der Waals surface area contributed by atoms with E-state index in [-0.39, 0.29) is 23.8 Å². The zero-order valence-corrected chi connectivity index (χ0v) is 31.3. The molecule has 0 saturated heterocycles. The van der Waals surface area contributed by atoms with Gasteiger partial charge in [0.1, 0.15) is 0 Å². The predicted molar refractivity (Wildman–Crippen MR) is 192 cm³/mol. The van der Waals surface area contributed by atoms with Gasteiger partial charge in [-0.25, -0.2) is 0 Å². The van der Waals surface area contributed by atoms with Crippen LogP contribution < -0.4 is 0 Å². The molecule has 0 fully saturated rings. The average molecular weight is 645 g/mol. The second-order valence-electron chi connectivity index (χ2n) is 13.9. The molecule has 0 N–H and O–H groups in total. The third kappa shape index (κ3) is 26.6. The third-order valence-electron chi connectivity index (χ3n) is 7.98. The van der Waals surface area contributed by atoms with Crippen LogP contribution >= 0.6 is 23.5 Å². The molecule has 0 amide bonds. The zero-order valence-electron chi connectivity index (χ0n) is 29.7. The summed E-state index contributed by atoms with van der Waals surface area (Å²) in [6.45, 7) is 14.2. The molecule has 0 bridgehead atoms. The summed E-state index contributed by atoms with van der Waals surface area (Å²) in [6.07, 6.45) is 25.9. The van der Waals surface area contributed by atoms with E-state index in [9.17, 15) is 9.59 Å². The van der Waals surface area contributed by atoms with Gasteiger partial charge in [-0.1, -0.05) is 164 Å². The summed E-state index contributed by atoms with van der Waals surface area (Å²) in [7, 11) is 0. The molecular formula is C37H72O4S2. The molecule has 0 aromatic carbocycles. The van der Waals surface area contributed by atoms with E-state index in [0.29, 0.717) is 0 Å². The van der Waals surface area contributed by atoms with Crippen molar-refractivity contribution in [2.24, 2.45) is 17.3 Å². The number of unbranched alkanes of at least 4 members (excludes halogenated alkanes) is 18. The van der Waals surface area contributed by atoms with Gasteiger partial charge in [0.15, 0.2) is 0 Å². The van der Waals surface area contributed by atoms with Crippen LogP contribution in [0.1, 0.15) is 177 Å². The smallest absolute Gasteiger partial charge is 0.312 e. The predicted octanol–water partition coefficient (Wildman–Crippen LogP) is 12.0. The van der Waals surface area contributed by atoms with E-state index in [4.69, 9.17) is 9.47 Å². The fourth-order valence-corrected chi connectivity index (χ4v) is 6.99. The molecule has 4 nitrogen and oxygen atoms in total. The van der Waals surface area contributed by atoms with Gasteiger partial charge in [-0.15, -0.1) is 0 Å². The van der Waals surface area contributed by atoms with E-state index in [1.54, 1.807) is 0 Å². The molecule has 0 aliphatic heterocycles. The zero-order chi connectivity index (χ0) is 32.2. The molecule has 0 aliphatic rings. The molecule has 0 spiro atoms. The Morgan fingerprint density at radius 3 is 1.07 bits per heavy atom. The number of ether oxygens (including phenoxy) is 2. The number of esters is 2. The lowest BCUT2D eigenvalue weighted by molar-refractivity contribution is -0.211. The van der Waals surface area contributed by atoms with Gasteiger partial charge in [0.05, 0.1) is 11.8 Å². The first-order valence-electron chi connectivity index (χ1n) is 18.2. The topological polar surface area (TPSA) is 52.6 Å². The Hall–Kier alpha value is -0.360. The Kier molecular flexibility index (Phi) is 28.8. The van der Waals surface area contributed by atoms with Crippen molar-refractivity contribution in [2.45, 2.75) is 183 Å². The number of carbonyl (C=O) groups is 2. The number of hydrogen-bond donors (Lipinski definition) is 0. The molecule has 2 unspecified atom stereocenters. The van der Waals surface area contributed by atoms with Crippen LogP contribution in [-0.2, 0) is 19.1 Å². The van der Waals surface area contributed by atoms with Crippen molar-refractivity contribution in [3.05, 3.63) is 0 Å². The van der Waals surface area contributed by atoms with Gasteiger partial charge < -0.3 is 9.47 Å². The highest BCUT2D eigenvalue weighted by Gasteiger charge is 2.34. The van der Waals surface area contributed by atoms with Crippen LogP contribution in [0.2, 0.25) is 0 Å². The van der Waals surface area contributed by atoms with Crippen LogP contribution in [0.3, 0.4) is 0 Å². The van der Waals surface area contributed by atoms with E-state index < -0.39 is 11.7 Å². The molecule has 0 heterocycles. The average Bonchev–Trinajstić information content (AvgIpc) is 2.97. The lowest BCUT2D eigenvalue weighted by atomic mass is 9.95. The molecule has 0 aromatic heterocycles. The molecule has 43 heavy (non-hydrogen) atoms. The number of hydrogen-bond acceptors (Lipinski definition) is 6. The van der Waals surface area contributed by atoms with Gasteiger partial charge in [0.25, 0.3) is 6.29 Å². The molecule has 0 radical (unpaired) electrons. The normalized spacial score (nSPS) is 13.9. The van der Waals surface area contributed by atoms with Gasteiger partial charge in [0, 0.05) is 16.9 Å². The lowest BCUT2D eigenvalue weighted by Gasteiger charge is -2.31. The summed E-state index contributed by atoms with van der Waals surface area (Å²) in [5.74, 6) is 2.68. The summed E-state index contributed by atoms with van der Waals surface area (Å²) >= 11 is 3.66. The second kappa shape index (κ2) is 29.1. The molecule has 6 heteroatoms. The standard InChI is InChI=1S/C37H72O4S2/c1-8-10-12-14-16-18-20-22-24-26-28-42-30-32(3)34(38)40-36(37(5,6)7)41-35(39)33(4)31-43-29-27-25-23-21-19-17-15-13-11-9-2/h32-33,36H,8-31H2,1-7H3. The van der Waals surface area contributed by atoms with Gasteiger partial charge >= 0.3 is 11.9 Å². The van der Waals surface area contributed by atoms with Crippen LogP contribution in [-0.4, -0.2) is 41.2 Å². The lowest BCUT2D eigenvalue weighted by Crippen LogP contribution is -2.39. The summed E-state index contributed by atoms with van der Waals surface area (Å²) in [5, 5.41) is 0. The molecule has 0 rings (SSSR count). The summed E-state index contributed by atoms with van der Waals surface area (Å²) in [6, 6.07) is 0. The second-order valence-corrected chi connectivity index (χ2v) is 16.2. The highest BCUT2D eigenvalue weighted by molar-refractivity contribution is 7.99. The highest BCUT2D eigenvalue weighted by Crippen LogP contribution is 2.27. The minimum Gasteiger partial charge on any atom is -0.424 e. The van der Waals surface area contributed by atoms with Crippen LogP contribution in [0, 0.1) is 17.3 Å². The van der Waals surface area contributed by atoms with E-state index in [0.717, 1.165) is 23.0 Å². The van der Waals surface area contributed by atoms with Crippen molar-refractivity contribution < 1.29 is 19.1 Å². The minimum atomic E-state index is -0.864. The van der Waals surface area contributed by atoms with Crippen molar-refractivity contribution in [3.63, 3.8) is 0 Å². The van der Waals surface area contributed by atoms with Gasteiger partial charge in [0.2, 0.25) is 0 Å². The van der Waals surface area contributed by atoms with Crippen LogP contribution in [0.15, 0.2) is 0 Å². The van der Waals surface area contributed by atoms with Gasteiger partial charge in [-0.3, -0.25) is 9.59 Å². The van der Waals surface area contributed by atoms with Gasteiger partial charge in [-0.05, 0) is 24.3 Å². The fourth-order valence-electron chi connectivity index (χ4n) is 4.86. The molecule has 0 saturated carbocycles. The SMILES string of the molecule is CCCCCCCCCCCCSCC(C)C(=O)OC(OC(=O)C(C)CSCCCCCCCCCCCC)C(C)(C)C. The largest absolute Gasteiger partial charge is 0.424 e. The van der Waals surface area contributed by atoms with Crippen LogP contribution in [0.25, 0.3) is 0 Å². The molecule has 0 aromatic rings. The monoisotopic (exact) mass is 644 g/mol. The van der Waals surface area contributed by atoms with Crippen LogP contribution in [0.4, 0.5) is 0 Å². The van der Waals surface area contributed by atoms with E-state index in [2.05, 4.69) is 13.8 Å². The van der Waals surface area contributed by atoms with Crippen molar-refractivity contribution in [3.8, 4) is 0 Å². The Bertz CT molecular complexity index is 601. The summed E-state index contributed by atoms with van der Waals surface area (Å²) in [5.41, 5.74) is -0.475. The fraction of sp³-hybridized carbons (Fsp3) is 0.946. The molecule has 0 aliphatic carbocycles. The maximum Gasteiger partial charge on any atom is 0.312 e. The minimum absolute atomic E-state index is 0.217. The Morgan fingerprint density at radius 1 is 0.512 bits per heavy atom. The van der Waals surface area contributed by atoms with Crippen molar-refractivity contribution in [1.29, 1.82) is 0 Å². The maximum atomic E-state index is 12.9. The Balaban J connectivity index is 4.08. The van der Waals surface area contributed by atoms with E-state index >= 15 is 0 Å². The van der Waals surface area contributed by atoms with Crippen molar-refractivity contribution in [1.82, 2.24) is 0 Å².